The van der Waals surface area contributed by atoms with Gasteiger partial charge in [0.25, 0.3) is 0 Å². The molecule has 0 radical (unpaired) electrons. The summed E-state index contributed by atoms with van der Waals surface area (Å²) >= 11 is 11.1. The minimum Gasteiger partial charge on any atom is -0.291 e. The van der Waals surface area contributed by atoms with Crippen molar-refractivity contribution in [2.45, 2.75) is 43.9 Å². The van der Waals surface area contributed by atoms with Crippen LogP contribution in [0.1, 0.15) is 48.5 Å². The Balaban J connectivity index is 2.47. The fourth-order valence-corrected chi connectivity index (χ4v) is 1.97. The summed E-state index contributed by atoms with van der Waals surface area (Å²) in [5.41, 5.74) is 1.84. The number of halogens is 2. The van der Waals surface area contributed by atoms with Gasteiger partial charge in [-0.1, -0.05) is 73.7 Å². The van der Waals surface area contributed by atoms with Crippen LogP contribution in [-0.4, -0.2) is 10.6 Å². The summed E-state index contributed by atoms with van der Waals surface area (Å²) in [7, 11) is 0. The average Bonchev–Trinajstić information content (AvgIpc) is 2.34. The van der Waals surface area contributed by atoms with Crippen molar-refractivity contribution in [3.8, 4) is 0 Å². The quantitative estimate of drug-likeness (QED) is 0.396. The van der Waals surface area contributed by atoms with Gasteiger partial charge in [0.2, 0.25) is 0 Å². The van der Waals surface area contributed by atoms with E-state index >= 15 is 0 Å². The standard InChI is InChI=1S/C14H18Cl2O/c1-2-3-4-5-6-11-7-9-12(10-8-11)13(17)14(15)16/h7-10,14H,2-6H2,1H3. The van der Waals surface area contributed by atoms with E-state index in [1.165, 1.54) is 31.2 Å². The summed E-state index contributed by atoms with van der Waals surface area (Å²) in [4.78, 5) is 10.5. The van der Waals surface area contributed by atoms with Gasteiger partial charge in [-0.25, -0.2) is 0 Å². The maximum atomic E-state index is 11.5. The molecule has 94 valence electrons. The molecule has 0 atom stereocenters. The first-order valence-electron chi connectivity index (χ1n) is 6.06. The number of aryl methyl sites for hydroxylation is 1. The molecule has 0 saturated heterocycles. The Bertz CT molecular complexity index is 344. The molecule has 1 aromatic carbocycles. The number of unbranched alkanes of at least 4 members (excludes halogenated alkanes) is 3. The number of alkyl halides is 2. The molecule has 0 unspecified atom stereocenters. The molecule has 1 rings (SSSR count). The smallest absolute Gasteiger partial charge is 0.195 e. The molecule has 0 aliphatic heterocycles. The Kier molecular flexibility index (Phi) is 6.61. The molecular weight excluding hydrogens is 255 g/mol. The summed E-state index contributed by atoms with van der Waals surface area (Å²) < 4.78 is 0. The molecule has 0 aliphatic carbocycles. The van der Waals surface area contributed by atoms with E-state index in [1.807, 2.05) is 12.1 Å². The predicted molar refractivity (Wildman–Crippen MR) is 74.1 cm³/mol. The van der Waals surface area contributed by atoms with Gasteiger partial charge in [0.05, 0.1) is 0 Å². The van der Waals surface area contributed by atoms with Gasteiger partial charge in [0.1, 0.15) is 0 Å². The van der Waals surface area contributed by atoms with Crippen LogP contribution in [-0.2, 0) is 6.42 Å². The van der Waals surface area contributed by atoms with Gasteiger partial charge in [-0.3, -0.25) is 4.79 Å². The first kappa shape index (κ1) is 14.5. The number of carbonyl (C=O) groups excluding carboxylic acids is 1. The average molecular weight is 273 g/mol. The summed E-state index contributed by atoms with van der Waals surface area (Å²) in [6.07, 6.45) is 6.08. The van der Waals surface area contributed by atoms with Gasteiger partial charge in [-0.15, -0.1) is 0 Å². The second-order valence-corrected chi connectivity index (χ2v) is 5.27. The van der Waals surface area contributed by atoms with Crippen LogP contribution < -0.4 is 0 Å². The number of hydrogen-bond donors (Lipinski definition) is 0. The normalized spacial score (nSPS) is 10.8. The lowest BCUT2D eigenvalue weighted by molar-refractivity contribution is 0.101. The molecule has 0 spiro atoms. The summed E-state index contributed by atoms with van der Waals surface area (Å²) in [6, 6.07) is 7.56. The maximum absolute atomic E-state index is 11.5. The lowest BCUT2D eigenvalue weighted by Gasteiger charge is -2.04. The lowest BCUT2D eigenvalue weighted by atomic mass is 10.0. The Hall–Kier alpha value is -0.530. The summed E-state index contributed by atoms with van der Waals surface area (Å²) in [5, 5.41) is 0. The molecule has 0 N–H and O–H groups in total. The second-order valence-electron chi connectivity index (χ2n) is 4.17. The summed E-state index contributed by atoms with van der Waals surface area (Å²) in [5.74, 6) is -0.231. The van der Waals surface area contributed by atoms with E-state index in [2.05, 4.69) is 6.92 Å². The molecule has 0 amide bonds. The maximum Gasteiger partial charge on any atom is 0.195 e. The lowest BCUT2D eigenvalue weighted by Crippen LogP contribution is -2.07. The first-order valence-corrected chi connectivity index (χ1v) is 6.93. The number of benzene rings is 1. The third-order valence-electron chi connectivity index (χ3n) is 2.76. The van der Waals surface area contributed by atoms with Crippen LogP contribution in [0.2, 0.25) is 0 Å². The zero-order chi connectivity index (χ0) is 12.7. The number of rotatable bonds is 7. The van der Waals surface area contributed by atoms with E-state index < -0.39 is 4.84 Å². The van der Waals surface area contributed by atoms with E-state index in [4.69, 9.17) is 23.2 Å². The van der Waals surface area contributed by atoms with Gasteiger partial charge in [0.15, 0.2) is 10.6 Å². The molecule has 3 heteroatoms. The SMILES string of the molecule is CCCCCCc1ccc(C(=O)C(Cl)Cl)cc1. The Morgan fingerprint density at radius 1 is 1.12 bits per heavy atom. The van der Waals surface area contributed by atoms with E-state index in [0.29, 0.717) is 5.56 Å². The van der Waals surface area contributed by atoms with E-state index in [9.17, 15) is 4.79 Å². The highest BCUT2D eigenvalue weighted by molar-refractivity contribution is 6.55. The van der Waals surface area contributed by atoms with E-state index in [-0.39, 0.29) is 5.78 Å². The van der Waals surface area contributed by atoms with Crippen LogP contribution in [0.25, 0.3) is 0 Å². The fraction of sp³-hybridized carbons (Fsp3) is 0.500. The number of carbonyl (C=O) groups is 1. The molecule has 0 saturated carbocycles. The highest BCUT2D eigenvalue weighted by atomic mass is 35.5. The number of ketones is 1. The van der Waals surface area contributed by atoms with Crippen LogP contribution in [0.4, 0.5) is 0 Å². The zero-order valence-corrected chi connectivity index (χ0v) is 11.6. The van der Waals surface area contributed by atoms with Crippen molar-refractivity contribution in [2.75, 3.05) is 0 Å². The molecule has 0 aliphatic rings. The Morgan fingerprint density at radius 3 is 2.29 bits per heavy atom. The molecular formula is C14H18Cl2O. The van der Waals surface area contributed by atoms with Crippen molar-refractivity contribution in [3.05, 3.63) is 35.4 Å². The van der Waals surface area contributed by atoms with Crippen LogP contribution in [0, 0.1) is 0 Å². The number of hydrogen-bond acceptors (Lipinski definition) is 1. The van der Waals surface area contributed by atoms with Crippen molar-refractivity contribution >= 4 is 29.0 Å². The fourth-order valence-electron chi connectivity index (χ4n) is 1.72. The van der Waals surface area contributed by atoms with E-state index in [0.717, 1.165) is 6.42 Å². The van der Waals surface area contributed by atoms with Gasteiger partial charge in [0, 0.05) is 5.56 Å². The van der Waals surface area contributed by atoms with Crippen molar-refractivity contribution in [1.29, 1.82) is 0 Å². The molecule has 0 aromatic heterocycles. The third-order valence-corrected chi connectivity index (χ3v) is 3.15. The molecule has 1 nitrogen and oxygen atoms in total. The predicted octanol–water partition coefficient (Wildman–Crippen LogP) is 4.80. The minimum absolute atomic E-state index is 0.231. The molecule has 0 fully saturated rings. The highest BCUT2D eigenvalue weighted by Gasteiger charge is 2.13. The topological polar surface area (TPSA) is 17.1 Å². The molecule has 1 aromatic rings. The highest BCUT2D eigenvalue weighted by Crippen LogP contribution is 2.14. The van der Waals surface area contributed by atoms with Gasteiger partial charge < -0.3 is 0 Å². The Morgan fingerprint density at radius 2 is 1.76 bits per heavy atom. The molecule has 0 bridgehead atoms. The Labute approximate surface area is 113 Å². The van der Waals surface area contributed by atoms with Gasteiger partial charge in [-0.05, 0) is 18.4 Å². The van der Waals surface area contributed by atoms with Crippen LogP contribution >= 0.6 is 23.2 Å². The zero-order valence-electron chi connectivity index (χ0n) is 10.1. The van der Waals surface area contributed by atoms with Crippen LogP contribution in [0.15, 0.2) is 24.3 Å². The van der Waals surface area contributed by atoms with Crippen LogP contribution in [0.5, 0.6) is 0 Å². The minimum atomic E-state index is -0.967. The van der Waals surface area contributed by atoms with Crippen LogP contribution in [0.3, 0.4) is 0 Å². The van der Waals surface area contributed by atoms with Gasteiger partial charge in [-0.2, -0.15) is 0 Å². The first-order chi connectivity index (χ1) is 8.15. The van der Waals surface area contributed by atoms with Gasteiger partial charge >= 0.3 is 0 Å². The molecule has 17 heavy (non-hydrogen) atoms. The molecule has 0 heterocycles. The second kappa shape index (κ2) is 7.73. The van der Waals surface area contributed by atoms with Crippen molar-refractivity contribution in [1.82, 2.24) is 0 Å². The monoisotopic (exact) mass is 272 g/mol. The van der Waals surface area contributed by atoms with Crippen molar-refractivity contribution in [2.24, 2.45) is 0 Å². The largest absolute Gasteiger partial charge is 0.291 e. The third kappa shape index (κ3) is 5.10. The van der Waals surface area contributed by atoms with E-state index in [1.54, 1.807) is 12.1 Å². The summed E-state index contributed by atoms with van der Waals surface area (Å²) in [6.45, 7) is 2.20. The number of Topliss-reactive ketones (excluding diaryl/α,β-unsaturated/α-hetero) is 1. The van der Waals surface area contributed by atoms with Crippen molar-refractivity contribution in [3.63, 3.8) is 0 Å². The van der Waals surface area contributed by atoms with Crippen molar-refractivity contribution < 1.29 is 4.79 Å².